The van der Waals surface area contributed by atoms with Gasteiger partial charge in [0.05, 0.1) is 11.7 Å². The maximum atomic E-state index is 14.5. The van der Waals surface area contributed by atoms with Gasteiger partial charge in [-0.2, -0.15) is 0 Å². The average molecular weight is 347 g/mol. The lowest BCUT2D eigenvalue weighted by Gasteiger charge is -2.17. The third kappa shape index (κ3) is 3.95. The number of anilines is 1. The summed E-state index contributed by atoms with van der Waals surface area (Å²) in [5.74, 6) is -0.921. The molecule has 4 nitrogen and oxygen atoms in total. The Morgan fingerprint density at radius 3 is 2.76 bits per heavy atom. The van der Waals surface area contributed by atoms with Crippen molar-refractivity contribution in [3.8, 4) is 11.4 Å². The molecule has 0 saturated carbocycles. The maximum Gasteiger partial charge on any atom is 0.170 e. The van der Waals surface area contributed by atoms with Gasteiger partial charge in [-0.3, -0.25) is 0 Å². The van der Waals surface area contributed by atoms with Gasteiger partial charge in [-0.15, -0.1) is 0 Å². The number of hydrogen-bond acceptors (Lipinski definition) is 4. The third-order valence-electron chi connectivity index (χ3n) is 4.58. The molecule has 0 spiro atoms. The first kappa shape index (κ1) is 17.7. The molecule has 1 atom stereocenters. The zero-order chi connectivity index (χ0) is 17.8. The maximum absolute atomic E-state index is 14.5. The van der Waals surface area contributed by atoms with Crippen molar-refractivity contribution in [1.29, 1.82) is 0 Å². The Morgan fingerprint density at radius 2 is 2.04 bits per heavy atom. The van der Waals surface area contributed by atoms with E-state index in [2.05, 4.69) is 16.9 Å². The molecule has 6 heteroatoms. The van der Waals surface area contributed by atoms with Gasteiger partial charge in [0.15, 0.2) is 17.5 Å². The van der Waals surface area contributed by atoms with Crippen LogP contribution in [0.2, 0.25) is 0 Å². The standard InChI is InChI=1S/C19H23F2N3O/c1-2-3-4-5-13-6-7-15(18(21)17(13)20)19-22-10-8-16(23-19)24-11-9-14(25)12-24/h6-8,10,14,25H,2-5,9,11-12H2,1H3/t14-/m0/s1. The van der Waals surface area contributed by atoms with Crippen LogP contribution in [-0.4, -0.2) is 34.3 Å². The zero-order valence-corrected chi connectivity index (χ0v) is 14.4. The average Bonchev–Trinajstić information content (AvgIpc) is 3.05. The van der Waals surface area contributed by atoms with Crippen LogP contribution in [0.4, 0.5) is 14.6 Å². The summed E-state index contributed by atoms with van der Waals surface area (Å²) in [4.78, 5) is 10.4. The lowest BCUT2D eigenvalue weighted by molar-refractivity contribution is 0.198. The van der Waals surface area contributed by atoms with Gasteiger partial charge in [0.2, 0.25) is 0 Å². The topological polar surface area (TPSA) is 49.2 Å². The van der Waals surface area contributed by atoms with Crippen LogP contribution in [0.25, 0.3) is 11.4 Å². The second-order valence-corrected chi connectivity index (χ2v) is 6.48. The highest BCUT2D eigenvalue weighted by molar-refractivity contribution is 5.59. The molecule has 1 N–H and O–H groups in total. The molecule has 1 aliphatic heterocycles. The van der Waals surface area contributed by atoms with Crippen LogP contribution in [0.3, 0.4) is 0 Å². The fourth-order valence-electron chi connectivity index (χ4n) is 3.13. The molecule has 0 bridgehead atoms. The van der Waals surface area contributed by atoms with Gasteiger partial charge in [0.25, 0.3) is 0 Å². The monoisotopic (exact) mass is 347 g/mol. The summed E-state index contributed by atoms with van der Waals surface area (Å²) in [7, 11) is 0. The van der Waals surface area contributed by atoms with Crippen LogP contribution < -0.4 is 4.90 Å². The van der Waals surface area contributed by atoms with Crippen molar-refractivity contribution in [2.45, 2.75) is 45.1 Å². The van der Waals surface area contributed by atoms with Crippen LogP contribution in [0.15, 0.2) is 24.4 Å². The van der Waals surface area contributed by atoms with Gasteiger partial charge in [-0.25, -0.2) is 18.7 Å². The van der Waals surface area contributed by atoms with Crippen molar-refractivity contribution in [2.24, 2.45) is 0 Å². The Morgan fingerprint density at radius 1 is 1.20 bits per heavy atom. The van der Waals surface area contributed by atoms with Crippen molar-refractivity contribution in [3.05, 3.63) is 41.6 Å². The number of β-amino-alcohol motifs (C(OH)–C–C–N with tert-alkyl or cyclic N) is 1. The molecule has 1 fully saturated rings. The molecule has 1 aromatic carbocycles. The van der Waals surface area contributed by atoms with Crippen LogP contribution in [0.5, 0.6) is 0 Å². The number of aliphatic hydroxyl groups excluding tert-OH is 1. The number of rotatable bonds is 6. The summed E-state index contributed by atoms with van der Waals surface area (Å²) < 4.78 is 28.9. The van der Waals surface area contributed by atoms with Crippen molar-refractivity contribution < 1.29 is 13.9 Å². The van der Waals surface area contributed by atoms with Gasteiger partial charge in [0.1, 0.15) is 5.82 Å². The molecule has 2 heterocycles. The fraction of sp³-hybridized carbons (Fsp3) is 0.474. The van der Waals surface area contributed by atoms with E-state index in [0.717, 1.165) is 19.3 Å². The van der Waals surface area contributed by atoms with Crippen LogP contribution in [-0.2, 0) is 6.42 Å². The smallest absolute Gasteiger partial charge is 0.170 e. The van der Waals surface area contributed by atoms with Gasteiger partial charge in [-0.1, -0.05) is 25.8 Å². The summed E-state index contributed by atoms with van der Waals surface area (Å²) in [6.45, 7) is 3.25. The lowest BCUT2D eigenvalue weighted by Crippen LogP contribution is -2.22. The number of aryl methyl sites for hydroxylation is 1. The summed E-state index contributed by atoms with van der Waals surface area (Å²) >= 11 is 0. The summed E-state index contributed by atoms with van der Waals surface area (Å²) in [6.07, 6.45) is 5.24. The van der Waals surface area contributed by atoms with E-state index in [0.29, 0.717) is 37.3 Å². The van der Waals surface area contributed by atoms with Crippen molar-refractivity contribution in [1.82, 2.24) is 9.97 Å². The van der Waals surface area contributed by atoms with Crippen molar-refractivity contribution in [2.75, 3.05) is 18.0 Å². The largest absolute Gasteiger partial charge is 0.391 e. The molecule has 25 heavy (non-hydrogen) atoms. The molecule has 1 aromatic heterocycles. The first-order valence-electron chi connectivity index (χ1n) is 8.83. The highest BCUT2D eigenvalue weighted by Gasteiger charge is 2.22. The van der Waals surface area contributed by atoms with Crippen LogP contribution in [0, 0.1) is 11.6 Å². The summed E-state index contributed by atoms with van der Waals surface area (Å²) in [5, 5.41) is 9.65. The molecular weight excluding hydrogens is 324 g/mol. The lowest BCUT2D eigenvalue weighted by atomic mass is 10.0. The summed E-state index contributed by atoms with van der Waals surface area (Å²) in [6, 6.07) is 4.89. The van der Waals surface area contributed by atoms with E-state index in [-0.39, 0.29) is 17.5 Å². The number of hydrogen-bond donors (Lipinski definition) is 1. The van der Waals surface area contributed by atoms with Crippen molar-refractivity contribution in [3.63, 3.8) is 0 Å². The van der Waals surface area contributed by atoms with Gasteiger partial charge in [0, 0.05) is 19.3 Å². The third-order valence-corrected chi connectivity index (χ3v) is 4.58. The van der Waals surface area contributed by atoms with E-state index in [1.54, 1.807) is 18.2 Å². The molecule has 3 rings (SSSR count). The molecule has 1 saturated heterocycles. The van der Waals surface area contributed by atoms with E-state index in [9.17, 15) is 13.9 Å². The van der Waals surface area contributed by atoms with Gasteiger partial charge >= 0.3 is 0 Å². The van der Waals surface area contributed by atoms with Crippen molar-refractivity contribution >= 4 is 5.82 Å². The minimum Gasteiger partial charge on any atom is -0.391 e. The number of aliphatic hydroxyl groups is 1. The first-order valence-corrected chi connectivity index (χ1v) is 8.83. The second kappa shape index (κ2) is 7.87. The fourth-order valence-corrected chi connectivity index (χ4v) is 3.13. The number of aromatic nitrogens is 2. The van der Waals surface area contributed by atoms with E-state index in [4.69, 9.17) is 0 Å². The van der Waals surface area contributed by atoms with E-state index < -0.39 is 11.6 Å². The molecule has 134 valence electrons. The minimum atomic E-state index is -0.896. The van der Waals surface area contributed by atoms with Crippen LogP contribution >= 0.6 is 0 Å². The highest BCUT2D eigenvalue weighted by Crippen LogP contribution is 2.27. The molecule has 0 aliphatic carbocycles. The predicted octanol–water partition coefficient (Wildman–Crippen LogP) is 3.73. The quantitative estimate of drug-likeness (QED) is 0.809. The molecule has 2 aromatic rings. The molecule has 0 unspecified atom stereocenters. The normalized spacial score (nSPS) is 17.3. The molecule has 0 amide bonds. The molecule has 1 aliphatic rings. The Balaban J connectivity index is 1.85. The van der Waals surface area contributed by atoms with Crippen LogP contribution in [0.1, 0.15) is 38.2 Å². The number of unbranched alkanes of at least 4 members (excludes halogenated alkanes) is 2. The van der Waals surface area contributed by atoms with E-state index in [1.165, 1.54) is 6.20 Å². The Bertz CT molecular complexity index is 739. The SMILES string of the molecule is CCCCCc1ccc(-c2nccc(N3CC[C@H](O)C3)n2)c(F)c1F. The van der Waals surface area contributed by atoms with E-state index in [1.807, 2.05) is 4.90 Å². The zero-order valence-electron chi connectivity index (χ0n) is 14.4. The first-order chi connectivity index (χ1) is 12.1. The Kier molecular flexibility index (Phi) is 5.58. The Hall–Kier alpha value is -2.08. The van der Waals surface area contributed by atoms with Gasteiger partial charge < -0.3 is 10.0 Å². The second-order valence-electron chi connectivity index (χ2n) is 6.48. The molecule has 0 radical (unpaired) electrons. The minimum absolute atomic E-state index is 0.0679. The highest BCUT2D eigenvalue weighted by atomic mass is 19.2. The van der Waals surface area contributed by atoms with Gasteiger partial charge in [-0.05, 0) is 37.0 Å². The number of nitrogens with zero attached hydrogens (tertiary/aromatic N) is 3. The number of halogens is 2. The van der Waals surface area contributed by atoms with E-state index >= 15 is 0 Å². The number of benzene rings is 1. The Labute approximate surface area is 146 Å². The predicted molar refractivity (Wildman–Crippen MR) is 93.4 cm³/mol. The molecular formula is C19H23F2N3O. The summed E-state index contributed by atoms with van der Waals surface area (Å²) in [5.41, 5.74) is 0.465.